The van der Waals surface area contributed by atoms with Crippen molar-refractivity contribution in [1.29, 1.82) is 0 Å². The van der Waals surface area contributed by atoms with Crippen molar-refractivity contribution >= 4 is 17.5 Å². The van der Waals surface area contributed by atoms with Crippen LogP contribution >= 0.6 is 11.6 Å². The minimum atomic E-state index is -0.111. The number of hydrogen-bond acceptors (Lipinski definition) is 2. The summed E-state index contributed by atoms with van der Waals surface area (Å²) in [5, 5.41) is -0.111. The van der Waals surface area contributed by atoms with Gasteiger partial charge in [0, 0.05) is 26.6 Å². The molecule has 0 heterocycles. The molecule has 0 spiro atoms. The molecule has 3 nitrogen and oxygen atoms in total. The lowest BCUT2D eigenvalue weighted by atomic mass is 9.99. The molecule has 1 aliphatic carbocycles. The summed E-state index contributed by atoms with van der Waals surface area (Å²) in [6.07, 6.45) is 7.00. The van der Waals surface area contributed by atoms with Crippen molar-refractivity contribution < 1.29 is 9.53 Å². The van der Waals surface area contributed by atoms with Gasteiger partial charge in [-0.15, -0.1) is 11.6 Å². The predicted octanol–water partition coefficient (Wildman–Crippen LogP) is 2.67. The van der Waals surface area contributed by atoms with Crippen molar-refractivity contribution in [2.45, 2.75) is 43.9 Å². The molecule has 1 amide bonds. The van der Waals surface area contributed by atoms with Gasteiger partial charge in [0.2, 0.25) is 5.91 Å². The molecule has 0 aliphatic heterocycles. The zero-order chi connectivity index (χ0) is 12.7. The maximum Gasteiger partial charge on any atom is 0.225 e. The molecular formula is C13H24ClNO2. The summed E-state index contributed by atoms with van der Waals surface area (Å²) in [6.45, 7) is 1.06. The van der Waals surface area contributed by atoms with E-state index < -0.39 is 0 Å². The molecule has 1 unspecified atom stereocenters. The fraction of sp³-hybridized carbons (Fsp3) is 0.923. The average Bonchev–Trinajstić information content (AvgIpc) is 2.56. The van der Waals surface area contributed by atoms with Gasteiger partial charge in [-0.05, 0) is 12.8 Å². The van der Waals surface area contributed by atoms with E-state index >= 15 is 0 Å². The molecule has 0 radical (unpaired) electrons. The highest BCUT2D eigenvalue weighted by Crippen LogP contribution is 2.24. The molecule has 0 bridgehead atoms. The van der Waals surface area contributed by atoms with Crippen LogP contribution in [-0.2, 0) is 9.53 Å². The Morgan fingerprint density at radius 1 is 1.35 bits per heavy atom. The average molecular weight is 262 g/mol. The van der Waals surface area contributed by atoms with Gasteiger partial charge in [-0.2, -0.15) is 0 Å². The number of hydrogen-bond donors (Lipinski definition) is 0. The van der Waals surface area contributed by atoms with Crippen LogP contribution in [-0.4, -0.2) is 43.5 Å². The highest BCUT2D eigenvalue weighted by molar-refractivity contribution is 6.21. The maximum atomic E-state index is 12.2. The Labute approximate surface area is 109 Å². The number of nitrogens with zero attached hydrogens (tertiary/aromatic N) is 1. The molecular weight excluding hydrogens is 238 g/mol. The van der Waals surface area contributed by atoms with E-state index in [9.17, 15) is 4.79 Å². The van der Waals surface area contributed by atoms with Crippen LogP contribution in [0.15, 0.2) is 0 Å². The third-order valence-electron chi connectivity index (χ3n) is 3.40. The van der Waals surface area contributed by atoms with E-state index in [2.05, 4.69) is 0 Å². The third-order valence-corrected chi connectivity index (χ3v) is 3.66. The summed E-state index contributed by atoms with van der Waals surface area (Å²) < 4.78 is 4.98. The molecule has 0 aromatic heterocycles. The molecule has 0 aromatic rings. The van der Waals surface area contributed by atoms with Gasteiger partial charge >= 0.3 is 0 Å². The smallest absolute Gasteiger partial charge is 0.225 e. The second-order valence-electron chi connectivity index (χ2n) is 4.96. The lowest BCUT2D eigenvalue weighted by molar-refractivity contribution is -0.134. The molecule has 1 atom stereocenters. The van der Waals surface area contributed by atoms with E-state index in [0.29, 0.717) is 13.2 Å². The van der Waals surface area contributed by atoms with Crippen LogP contribution in [0.3, 0.4) is 0 Å². The van der Waals surface area contributed by atoms with Gasteiger partial charge in [0.25, 0.3) is 0 Å². The SMILES string of the molecule is COCC(Cl)CN(C)C(=O)C1CCCCCC1. The van der Waals surface area contributed by atoms with E-state index in [1.807, 2.05) is 7.05 Å². The van der Waals surface area contributed by atoms with Crippen molar-refractivity contribution in [1.82, 2.24) is 4.90 Å². The van der Waals surface area contributed by atoms with Gasteiger partial charge in [-0.3, -0.25) is 4.79 Å². The molecule has 0 aromatic carbocycles. The van der Waals surface area contributed by atoms with Gasteiger partial charge < -0.3 is 9.64 Å². The van der Waals surface area contributed by atoms with Crippen molar-refractivity contribution in [2.24, 2.45) is 5.92 Å². The zero-order valence-electron chi connectivity index (χ0n) is 11.0. The Morgan fingerprint density at radius 3 is 2.47 bits per heavy atom. The van der Waals surface area contributed by atoms with Gasteiger partial charge in [0.15, 0.2) is 0 Å². The monoisotopic (exact) mass is 261 g/mol. The predicted molar refractivity (Wildman–Crippen MR) is 70.3 cm³/mol. The van der Waals surface area contributed by atoms with Crippen LogP contribution in [0, 0.1) is 5.92 Å². The van der Waals surface area contributed by atoms with Crippen LogP contribution in [0.4, 0.5) is 0 Å². The Hall–Kier alpha value is -0.280. The van der Waals surface area contributed by atoms with E-state index in [0.717, 1.165) is 12.8 Å². The first-order valence-electron chi connectivity index (χ1n) is 6.53. The molecule has 0 N–H and O–H groups in total. The Kier molecular flexibility index (Phi) is 6.90. The molecule has 1 aliphatic rings. The summed E-state index contributed by atoms with van der Waals surface area (Å²) >= 11 is 6.07. The second kappa shape index (κ2) is 7.93. The first-order valence-corrected chi connectivity index (χ1v) is 6.96. The van der Waals surface area contributed by atoms with E-state index in [1.54, 1.807) is 12.0 Å². The number of ether oxygens (including phenoxy) is 1. The van der Waals surface area contributed by atoms with Crippen LogP contribution in [0.5, 0.6) is 0 Å². The summed E-state index contributed by atoms with van der Waals surface area (Å²) in [4.78, 5) is 14.0. The van der Waals surface area contributed by atoms with E-state index in [1.165, 1.54) is 25.7 Å². The van der Waals surface area contributed by atoms with Crippen molar-refractivity contribution in [2.75, 3.05) is 27.3 Å². The largest absolute Gasteiger partial charge is 0.383 e. The number of carbonyl (C=O) groups is 1. The number of carbonyl (C=O) groups excluding carboxylic acids is 1. The summed E-state index contributed by atoms with van der Waals surface area (Å²) in [7, 11) is 3.47. The number of rotatable bonds is 5. The van der Waals surface area contributed by atoms with Crippen LogP contribution < -0.4 is 0 Å². The molecule has 100 valence electrons. The van der Waals surface area contributed by atoms with Crippen molar-refractivity contribution in [3.63, 3.8) is 0 Å². The van der Waals surface area contributed by atoms with Crippen LogP contribution in [0.25, 0.3) is 0 Å². The van der Waals surface area contributed by atoms with E-state index in [4.69, 9.17) is 16.3 Å². The number of methoxy groups -OCH3 is 1. The van der Waals surface area contributed by atoms with E-state index in [-0.39, 0.29) is 17.2 Å². The van der Waals surface area contributed by atoms with Gasteiger partial charge in [-0.25, -0.2) is 0 Å². The minimum Gasteiger partial charge on any atom is -0.383 e. The van der Waals surface area contributed by atoms with Crippen LogP contribution in [0.1, 0.15) is 38.5 Å². The molecule has 17 heavy (non-hydrogen) atoms. The summed E-state index contributed by atoms with van der Waals surface area (Å²) in [6, 6.07) is 0. The number of halogens is 1. The Bertz CT molecular complexity index is 227. The Balaban J connectivity index is 2.38. The fourth-order valence-electron chi connectivity index (χ4n) is 2.46. The first kappa shape index (κ1) is 14.8. The van der Waals surface area contributed by atoms with Gasteiger partial charge in [0.05, 0.1) is 12.0 Å². The second-order valence-corrected chi connectivity index (χ2v) is 5.58. The molecule has 0 saturated heterocycles. The quantitative estimate of drug-likeness (QED) is 0.563. The van der Waals surface area contributed by atoms with Gasteiger partial charge in [0.1, 0.15) is 0 Å². The summed E-state index contributed by atoms with van der Waals surface area (Å²) in [5.41, 5.74) is 0. The highest BCUT2D eigenvalue weighted by atomic mass is 35.5. The standard InChI is InChI=1S/C13H24ClNO2/c1-15(9-12(14)10-17-2)13(16)11-7-5-3-4-6-8-11/h11-12H,3-10H2,1-2H3. The van der Waals surface area contributed by atoms with Gasteiger partial charge in [-0.1, -0.05) is 25.7 Å². The maximum absolute atomic E-state index is 12.2. The highest BCUT2D eigenvalue weighted by Gasteiger charge is 2.24. The first-order chi connectivity index (χ1) is 8.15. The molecule has 1 fully saturated rings. The normalized spacial score (nSPS) is 19.7. The van der Waals surface area contributed by atoms with Crippen molar-refractivity contribution in [3.05, 3.63) is 0 Å². The number of alkyl halides is 1. The fourth-order valence-corrected chi connectivity index (χ4v) is 2.79. The summed E-state index contributed by atoms with van der Waals surface area (Å²) in [5.74, 6) is 0.475. The molecule has 1 saturated carbocycles. The minimum absolute atomic E-state index is 0.111. The van der Waals surface area contributed by atoms with Crippen molar-refractivity contribution in [3.8, 4) is 0 Å². The topological polar surface area (TPSA) is 29.5 Å². The third kappa shape index (κ3) is 5.26. The Morgan fingerprint density at radius 2 is 1.94 bits per heavy atom. The number of amides is 1. The lowest BCUT2D eigenvalue weighted by Gasteiger charge is -2.24. The lowest BCUT2D eigenvalue weighted by Crippen LogP contribution is -2.37. The molecule has 1 rings (SSSR count). The van der Waals surface area contributed by atoms with Crippen LogP contribution in [0.2, 0.25) is 0 Å². The zero-order valence-corrected chi connectivity index (χ0v) is 11.7. The molecule has 4 heteroatoms.